The number of fused-ring (bicyclic) bond motifs is 1. The summed E-state index contributed by atoms with van der Waals surface area (Å²) in [6.07, 6.45) is 4.65. The molecular formula is C53H61ClN8O11S2. The number of ether oxygens (including phenoxy) is 3. The van der Waals surface area contributed by atoms with Crippen LogP contribution in [0, 0.1) is 0 Å². The van der Waals surface area contributed by atoms with Crippen molar-refractivity contribution in [2.24, 2.45) is 7.05 Å². The predicted octanol–water partition coefficient (Wildman–Crippen LogP) is 8.06. The van der Waals surface area contributed by atoms with Crippen molar-refractivity contribution in [2.75, 3.05) is 23.8 Å². The normalized spacial score (nSPS) is 17.4. The van der Waals surface area contributed by atoms with E-state index >= 15 is 0 Å². The van der Waals surface area contributed by atoms with Crippen molar-refractivity contribution in [3.05, 3.63) is 105 Å². The highest BCUT2D eigenvalue weighted by atomic mass is 35.5. The average molecular weight is 1090 g/mol. The van der Waals surface area contributed by atoms with Crippen LogP contribution in [0.5, 0.6) is 5.75 Å². The second kappa shape index (κ2) is 21.1. The van der Waals surface area contributed by atoms with Crippen LogP contribution >= 0.6 is 22.9 Å². The number of aryl methyl sites for hydroxylation is 1. The third-order valence-electron chi connectivity index (χ3n) is 12.5. The number of imide groups is 1. The average Bonchev–Trinajstić information content (AvgIpc) is 3.97. The van der Waals surface area contributed by atoms with E-state index in [4.69, 9.17) is 25.8 Å². The van der Waals surface area contributed by atoms with Gasteiger partial charge in [0, 0.05) is 54.7 Å². The molecule has 0 saturated carbocycles. The Morgan fingerprint density at radius 2 is 1.61 bits per heavy atom. The molecule has 3 aromatic heterocycles. The number of halogens is 1. The van der Waals surface area contributed by atoms with Crippen LogP contribution in [0.2, 0.25) is 5.02 Å². The first-order valence-corrected chi connectivity index (χ1v) is 27.2. The second-order valence-corrected chi connectivity index (χ2v) is 24.7. The maximum Gasteiger partial charge on any atom is 0.352 e. The fourth-order valence-corrected chi connectivity index (χ4v) is 12.8. The summed E-state index contributed by atoms with van der Waals surface area (Å²) in [5, 5.41) is 13.3. The van der Waals surface area contributed by atoms with Crippen molar-refractivity contribution in [3.63, 3.8) is 0 Å². The summed E-state index contributed by atoms with van der Waals surface area (Å²) in [4.78, 5) is 77.6. The highest BCUT2D eigenvalue weighted by molar-refractivity contribution is 7.88. The van der Waals surface area contributed by atoms with Gasteiger partial charge in [-0.15, -0.1) is 11.3 Å². The molecule has 22 heteroatoms. The third kappa shape index (κ3) is 12.7. The van der Waals surface area contributed by atoms with E-state index < -0.39 is 57.3 Å². The number of nitrogens with one attached hydrogen (secondary N) is 3. The molecule has 6 aromatic rings. The van der Waals surface area contributed by atoms with Crippen LogP contribution in [0.1, 0.15) is 102 Å². The Bertz CT molecular complexity index is 3400. The molecule has 2 atom stereocenters. The van der Waals surface area contributed by atoms with Gasteiger partial charge in [0.05, 0.1) is 27.9 Å². The summed E-state index contributed by atoms with van der Waals surface area (Å²) in [5.41, 5.74) is 2.20. The quantitative estimate of drug-likeness (QED) is 0.0653. The Hall–Kier alpha value is -6.81. The fourth-order valence-electron chi connectivity index (χ4n) is 9.43. The van der Waals surface area contributed by atoms with Crippen LogP contribution in [-0.4, -0.2) is 97.2 Å². The maximum atomic E-state index is 14.1. The van der Waals surface area contributed by atoms with E-state index in [9.17, 15) is 37.2 Å². The molecule has 19 nitrogen and oxygen atoms in total. The van der Waals surface area contributed by atoms with Gasteiger partial charge in [0.1, 0.15) is 28.8 Å². The van der Waals surface area contributed by atoms with Crippen LogP contribution in [0.15, 0.2) is 83.9 Å². The molecule has 8 rings (SSSR count). The molecule has 0 aliphatic carbocycles. The number of hydrogen-bond acceptors (Lipinski definition) is 14. The lowest BCUT2D eigenvalue weighted by Crippen LogP contribution is -2.55. The standard InChI is InChI=1S/C53H61ClN8O11S2/c1-51(2,3)72-43(65)29-71-45-44(54)46(74-47(45)49(67)73-52(4,5)6)33-13-11-15-36(23-33)56-37-20-21-61(53(7,8)25-37)75(69,70)30-31-12-10-14-35(22-31)57-42(64)28-60-27-34(26-55-60)32-16-17-38-40(24-32)59(9)50(68)62(38)39-18-19-41(63)58-48(39)66/h10-17,22-24,26-27,37,39,56H,18-21,25,28-30H2,1-9H3,(H,57,64)(H,58,63,66)/t37-,39?/m0/s1. The van der Waals surface area contributed by atoms with Crippen LogP contribution in [-0.2, 0) is 58.0 Å². The van der Waals surface area contributed by atoms with Crippen molar-refractivity contribution in [3.8, 4) is 27.3 Å². The van der Waals surface area contributed by atoms with Gasteiger partial charge in [-0.1, -0.05) is 41.9 Å². The van der Waals surface area contributed by atoms with E-state index in [2.05, 4.69) is 21.0 Å². The largest absolute Gasteiger partial charge is 0.479 e. The monoisotopic (exact) mass is 1080 g/mol. The first-order chi connectivity index (χ1) is 35.1. The summed E-state index contributed by atoms with van der Waals surface area (Å²) in [7, 11) is -2.22. The number of nitrogens with zero attached hydrogens (tertiary/aromatic N) is 5. The molecule has 75 heavy (non-hydrogen) atoms. The van der Waals surface area contributed by atoms with Crippen LogP contribution in [0.25, 0.3) is 32.6 Å². The second-order valence-electron chi connectivity index (χ2n) is 21.4. The van der Waals surface area contributed by atoms with Gasteiger partial charge in [0.2, 0.25) is 27.7 Å². The Morgan fingerprint density at radius 3 is 2.32 bits per heavy atom. The van der Waals surface area contributed by atoms with E-state index in [1.54, 1.807) is 102 Å². The molecule has 2 aliphatic rings. The van der Waals surface area contributed by atoms with E-state index in [0.717, 1.165) is 22.6 Å². The van der Waals surface area contributed by atoms with Gasteiger partial charge in [-0.25, -0.2) is 22.8 Å². The molecule has 3 N–H and O–H groups in total. The number of carbonyl (C=O) groups excluding carboxylic acids is 5. The number of thiophene rings is 1. The highest BCUT2D eigenvalue weighted by Gasteiger charge is 2.42. The number of imidazole rings is 1. The molecule has 2 saturated heterocycles. The van der Waals surface area contributed by atoms with Crippen molar-refractivity contribution in [1.82, 2.24) is 28.5 Å². The zero-order valence-electron chi connectivity index (χ0n) is 43.2. The van der Waals surface area contributed by atoms with Crippen molar-refractivity contribution < 1.29 is 46.6 Å². The number of rotatable bonds is 15. The van der Waals surface area contributed by atoms with E-state index in [-0.39, 0.29) is 70.9 Å². The number of hydrogen-bond donors (Lipinski definition) is 3. The Labute approximate surface area is 443 Å². The molecule has 0 bridgehead atoms. The molecule has 398 valence electrons. The molecular weight excluding hydrogens is 1020 g/mol. The van der Waals surface area contributed by atoms with Gasteiger partial charge in [-0.3, -0.25) is 33.5 Å². The lowest BCUT2D eigenvalue weighted by molar-refractivity contribution is -0.157. The summed E-state index contributed by atoms with van der Waals surface area (Å²) in [6.45, 7) is 13.9. The molecule has 1 unspecified atom stereocenters. The lowest BCUT2D eigenvalue weighted by Gasteiger charge is -2.45. The summed E-state index contributed by atoms with van der Waals surface area (Å²) in [5.74, 6) is -2.81. The fraction of sp³-hybridized carbons (Fsp3) is 0.415. The number of benzene rings is 3. The minimum absolute atomic E-state index is 0.0234. The van der Waals surface area contributed by atoms with Crippen LogP contribution in [0.3, 0.4) is 0 Å². The van der Waals surface area contributed by atoms with E-state index in [0.29, 0.717) is 51.1 Å². The number of aromatic nitrogens is 4. The lowest BCUT2D eigenvalue weighted by atomic mass is 9.89. The topological polar surface area (TPSA) is 231 Å². The summed E-state index contributed by atoms with van der Waals surface area (Å²) < 4.78 is 51.1. The number of piperidine rings is 2. The molecule has 3 aromatic carbocycles. The van der Waals surface area contributed by atoms with Gasteiger partial charge in [0.15, 0.2) is 17.2 Å². The number of esters is 2. The maximum absolute atomic E-state index is 14.1. The van der Waals surface area contributed by atoms with Gasteiger partial charge in [-0.2, -0.15) is 9.40 Å². The molecule has 0 radical (unpaired) electrons. The molecule has 2 aliphatic heterocycles. The van der Waals surface area contributed by atoms with Crippen molar-refractivity contribution >= 4 is 85.0 Å². The van der Waals surface area contributed by atoms with E-state index in [1.165, 1.54) is 13.8 Å². The van der Waals surface area contributed by atoms with E-state index in [1.807, 2.05) is 44.2 Å². The molecule has 5 heterocycles. The number of amides is 3. The summed E-state index contributed by atoms with van der Waals surface area (Å²) in [6, 6.07) is 18.7. The smallest absolute Gasteiger partial charge is 0.352 e. The van der Waals surface area contributed by atoms with Gasteiger partial charge >= 0.3 is 17.6 Å². The van der Waals surface area contributed by atoms with Crippen molar-refractivity contribution in [2.45, 2.75) is 122 Å². The minimum atomic E-state index is -3.84. The van der Waals surface area contributed by atoms with Crippen LogP contribution < -0.4 is 26.4 Å². The molecule has 0 spiro atoms. The Balaban J connectivity index is 0.884. The first kappa shape index (κ1) is 54.5. The highest BCUT2D eigenvalue weighted by Crippen LogP contribution is 2.47. The zero-order valence-corrected chi connectivity index (χ0v) is 45.6. The van der Waals surface area contributed by atoms with Crippen molar-refractivity contribution in [1.29, 1.82) is 0 Å². The number of anilines is 2. The van der Waals surface area contributed by atoms with Gasteiger partial charge in [0.25, 0.3) is 0 Å². The molecule has 2 fully saturated rings. The number of carbonyl (C=O) groups is 5. The number of sulfonamides is 1. The SMILES string of the molecule is Cn1c(=O)n(C2CCC(=O)NC2=O)c2ccc(-c3cnn(CC(=O)Nc4cccc(CS(=O)(=O)N5CC[C@H](Nc6cccc(-c7sc(C(=O)OC(C)(C)C)c(OCC(=O)OC(C)(C)C)c7Cl)c6)CC5(C)C)c4)c3)cc21. The Kier molecular flexibility index (Phi) is 15.3. The minimum Gasteiger partial charge on any atom is -0.479 e. The van der Waals surface area contributed by atoms with Gasteiger partial charge in [-0.05, 0) is 128 Å². The summed E-state index contributed by atoms with van der Waals surface area (Å²) >= 11 is 8.00. The zero-order chi connectivity index (χ0) is 54.4. The first-order valence-electron chi connectivity index (χ1n) is 24.4. The Morgan fingerprint density at radius 1 is 0.893 bits per heavy atom. The molecule has 3 amide bonds. The van der Waals surface area contributed by atoms with Gasteiger partial charge < -0.3 is 24.8 Å². The third-order valence-corrected chi connectivity index (χ3v) is 16.2. The predicted molar refractivity (Wildman–Crippen MR) is 286 cm³/mol. The van der Waals surface area contributed by atoms with Crippen LogP contribution in [0.4, 0.5) is 11.4 Å².